The predicted molar refractivity (Wildman–Crippen MR) is 95.5 cm³/mol. The highest BCUT2D eigenvalue weighted by atomic mass is 14.7. The van der Waals surface area contributed by atoms with Crippen molar-refractivity contribution < 1.29 is 0 Å². The topological polar surface area (TPSA) is 15.8 Å². The number of aromatic nitrogens is 1. The van der Waals surface area contributed by atoms with Crippen LogP contribution >= 0.6 is 0 Å². The Balaban J connectivity index is 1.51. The Bertz CT molecular complexity index is 719. The summed E-state index contributed by atoms with van der Waals surface area (Å²) >= 11 is 0. The molecule has 0 unspecified atom stereocenters. The zero-order chi connectivity index (χ0) is 15.4. The highest BCUT2D eigenvalue weighted by molar-refractivity contribution is 5.82. The van der Waals surface area contributed by atoms with Gasteiger partial charge in [-0.3, -0.25) is 0 Å². The first-order valence-corrected chi connectivity index (χ1v) is 8.38. The molecule has 0 saturated carbocycles. The van der Waals surface area contributed by atoms with E-state index in [2.05, 4.69) is 73.6 Å². The Morgan fingerprint density at radius 2 is 1.59 bits per heavy atom. The summed E-state index contributed by atoms with van der Waals surface area (Å²) in [6.45, 7) is 4.49. The lowest BCUT2D eigenvalue weighted by molar-refractivity contribution is 0.736. The second-order valence-electron chi connectivity index (χ2n) is 6.46. The summed E-state index contributed by atoms with van der Waals surface area (Å²) in [4.78, 5) is 3.36. The van der Waals surface area contributed by atoms with Crippen LogP contribution in [-0.4, -0.2) is 4.98 Å². The van der Waals surface area contributed by atoms with E-state index in [1.807, 2.05) is 0 Å². The van der Waals surface area contributed by atoms with Crippen LogP contribution in [-0.2, 0) is 12.8 Å². The van der Waals surface area contributed by atoms with Gasteiger partial charge in [-0.05, 0) is 54.4 Å². The molecule has 1 aromatic heterocycles. The van der Waals surface area contributed by atoms with Crippen molar-refractivity contribution in [2.45, 2.75) is 45.4 Å². The normalized spacial score (nSPS) is 11.4. The highest BCUT2D eigenvalue weighted by Gasteiger charge is 2.03. The smallest absolute Gasteiger partial charge is 0.0456 e. The third-order valence-electron chi connectivity index (χ3n) is 4.48. The summed E-state index contributed by atoms with van der Waals surface area (Å²) in [5, 5.41) is 1.38. The number of aryl methyl sites for hydroxylation is 2. The van der Waals surface area contributed by atoms with Crippen molar-refractivity contribution in [1.82, 2.24) is 4.98 Å². The highest BCUT2D eigenvalue weighted by Crippen LogP contribution is 2.20. The third kappa shape index (κ3) is 3.41. The van der Waals surface area contributed by atoms with Gasteiger partial charge >= 0.3 is 0 Å². The number of fused-ring (bicyclic) bond motifs is 1. The molecule has 1 heterocycles. The van der Waals surface area contributed by atoms with E-state index in [1.165, 1.54) is 46.9 Å². The molecule has 114 valence electrons. The molecule has 0 spiro atoms. The molecule has 0 radical (unpaired) electrons. The summed E-state index contributed by atoms with van der Waals surface area (Å²) in [6, 6.07) is 17.7. The molecular formula is C21H25N. The fraction of sp³-hybridized carbons (Fsp3) is 0.333. The minimum absolute atomic E-state index is 0.621. The number of benzene rings is 2. The lowest BCUT2D eigenvalue weighted by Gasteiger charge is -2.07. The van der Waals surface area contributed by atoms with E-state index < -0.39 is 0 Å². The number of aromatic amines is 1. The molecule has 0 aliphatic heterocycles. The Morgan fingerprint density at radius 3 is 2.36 bits per heavy atom. The molecule has 1 N–H and O–H groups in total. The van der Waals surface area contributed by atoms with Crippen molar-refractivity contribution in [3.63, 3.8) is 0 Å². The van der Waals surface area contributed by atoms with Crippen molar-refractivity contribution in [1.29, 1.82) is 0 Å². The average Bonchev–Trinajstić information content (AvgIpc) is 2.95. The third-order valence-corrected chi connectivity index (χ3v) is 4.48. The average molecular weight is 291 g/mol. The van der Waals surface area contributed by atoms with Gasteiger partial charge in [-0.2, -0.15) is 0 Å². The molecule has 0 fully saturated rings. The lowest BCUT2D eigenvalue weighted by atomic mass is 9.99. The van der Waals surface area contributed by atoms with Crippen molar-refractivity contribution in [2.24, 2.45) is 0 Å². The zero-order valence-corrected chi connectivity index (χ0v) is 13.6. The summed E-state index contributed by atoms with van der Waals surface area (Å²) in [5.41, 5.74) is 5.60. The van der Waals surface area contributed by atoms with E-state index in [1.54, 1.807) is 0 Å². The van der Waals surface area contributed by atoms with E-state index in [9.17, 15) is 0 Å². The number of H-pyrrole nitrogens is 1. The van der Waals surface area contributed by atoms with Crippen LogP contribution in [0.15, 0.2) is 54.7 Å². The molecule has 1 nitrogen and oxygen atoms in total. The maximum absolute atomic E-state index is 3.36. The SMILES string of the molecule is CC(C)c1ccc(CCCCc2c[nH]c3ccccc23)cc1. The van der Waals surface area contributed by atoms with Crippen LogP contribution in [0.1, 0.15) is 49.3 Å². The second kappa shape index (κ2) is 6.83. The Kier molecular flexibility index (Phi) is 4.62. The minimum Gasteiger partial charge on any atom is -0.361 e. The number of nitrogens with one attached hydrogen (secondary N) is 1. The monoisotopic (exact) mass is 291 g/mol. The second-order valence-corrected chi connectivity index (χ2v) is 6.46. The zero-order valence-electron chi connectivity index (χ0n) is 13.6. The number of unbranched alkanes of at least 4 members (excludes halogenated alkanes) is 1. The summed E-state index contributed by atoms with van der Waals surface area (Å²) in [5.74, 6) is 0.621. The Hall–Kier alpha value is -2.02. The van der Waals surface area contributed by atoms with Crippen LogP contribution in [0, 0.1) is 0 Å². The van der Waals surface area contributed by atoms with Gasteiger partial charge in [0.2, 0.25) is 0 Å². The Morgan fingerprint density at radius 1 is 0.864 bits per heavy atom. The van der Waals surface area contributed by atoms with Crippen LogP contribution in [0.5, 0.6) is 0 Å². The maximum atomic E-state index is 3.36. The van der Waals surface area contributed by atoms with Gasteiger partial charge in [0, 0.05) is 17.1 Å². The first-order valence-electron chi connectivity index (χ1n) is 8.38. The van der Waals surface area contributed by atoms with Crippen molar-refractivity contribution in [3.8, 4) is 0 Å². The number of hydrogen-bond donors (Lipinski definition) is 1. The van der Waals surface area contributed by atoms with Crippen LogP contribution in [0.4, 0.5) is 0 Å². The van der Waals surface area contributed by atoms with E-state index >= 15 is 0 Å². The molecule has 0 aliphatic carbocycles. The van der Waals surface area contributed by atoms with Gasteiger partial charge < -0.3 is 4.98 Å². The van der Waals surface area contributed by atoms with Crippen molar-refractivity contribution in [3.05, 3.63) is 71.4 Å². The molecule has 0 saturated heterocycles. The number of rotatable bonds is 6. The first-order chi connectivity index (χ1) is 10.7. The molecular weight excluding hydrogens is 266 g/mol. The summed E-state index contributed by atoms with van der Waals surface area (Å²) in [7, 11) is 0. The van der Waals surface area contributed by atoms with Gasteiger partial charge in [0.15, 0.2) is 0 Å². The first kappa shape index (κ1) is 14.9. The van der Waals surface area contributed by atoms with Gasteiger partial charge in [0.1, 0.15) is 0 Å². The summed E-state index contributed by atoms with van der Waals surface area (Å²) < 4.78 is 0. The van der Waals surface area contributed by atoms with Gasteiger partial charge in [-0.15, -0.1) is 0 Å². The van der Waals surface area contributed by atoms with E-state index in [0.29, 0.717) is 5.92 Å². The molecule has 3 rings (SSSR count). The van der Waals surface area contributed by atoms with Crippen LogP contribution in [0.2, 0.25) is 0 Å². The fourth-order valence-electron chi connectivity index (χ4n) is 3.05. The van der Waals surface area contributed by atoms with E-state index in [0.717, 1.165) is 6.42 Å². The number of para-hydroxylation sites is 1. The van der Waals surface area contributed by atoms with Crippen molar-refractivity contribution >= 4 is 10.9 Å². The van der Waals surface area contributed by atoms with Crippen LogP contribution < -0.4 is 0 Å². The summed E-state index contributed by atoms with van der Waals surface area (Å²) in [6.07, 6.45) is 7.01. The van der Waals surface area contributed by atoms with Gasteiger partial charge in [0.05, 0.1) is 0 Å². The van der Waals surface area contributed by atoms with Gasteiger partial charge in [0.25, 0.3) is 0 Å². The largest absolute Gasteiger partial charge is 0.361 e. The molecule has 2 aromatic carbocycles. The lowest BCUT2D eigenvalue weighted by Crippen LogP contribution is -1.91. The fourth-order valence-corrected chi connectivity index (χ4v) is 3.05. The van der Waals surface area contributed by atoms with Gasteiger partial charge in [-0.25, -0.2) is 0 Å². The van der Waals surface area contributed by atoms with E-state index in [4.69, 9.17) is 0 Å². The van der Waals surface area contributed by atoms with Crippen LogP contribution in [0.25, 0.3) is 10.9 Å². The Labute approximate surface area is 133 Å². The quantitative estimate of drug-likeness (QED) is 0.548. The molecule has 0 amide bonds. The minimum atomic E-state index is 0.621. The number of hydrogen-bond acceptors (Lipinski definition) is 0. The molecule has 3 aromatic rings. The van der Waals surface area contributed by atoms with Crippen LogP contribution in [0.3, 0.4) is 0 Å². The molecule has 0 bridgehead atoms. The molecule has 22 heavy (non-hydrogen) atoms. The van der Waals surface area contributed by atoms with Crippen molar-refractivity contribution in [2.75, 3.05) is 0 Å². The predicted octanol–water partition coefficient (Wildman–Crippen LogP) is 5.86. The molecule has 0 atom stereocenters. The van der Waals surface area contributed by atoms with Gasteiger partial charge in [-0.1, -0.05) is 56.3 Å². The maximum Gasteiger partial charge on any atom is 0.0456 e. The molecule has 1 heteroatoms. The van der Waals surface area contributed by atoms with E-state index in [-0.39, 0.29) is 0 Å². The molecule has 0 aliphatic rings. The standard InChI is InChI=1S/C21H25N/c1-16(2)18-13-11-17(12-14-18)7-3-4-8-19-15-22-21-10-6-5-9-20(19)21/h5-6,9-16,22H,3-4,7-8H2,1-2H3.